The molecular formula is C10H13N3O2S. The minimum absolute atomic E-state index is 0. The predicted octanol–water partition coefficient (Wildman–Crippen LogP) is 1.59. The average molecular weight is 239 g/mol. The van der Waals surface area contributed by atoms with E-state index in [4.69, 9.17) is 0 Å². The maximum Gasteiger partial charge on any atom is 0.268 e. The molecule has 5 nitrogen and oxygen atoms in total. The van der Waals surface area contributed by atoms with E-state index < -0.39 is 10.0 Å². The number of hydrogen-bond donors (Lipinski definition) is 1. The number of imidazole rings is 1. The summed E-state index contributed by atoms with van der Waals surface area (Å²) in [7, 11) is -3.46. The van der Waals surface area contributed by atoms with E-state index in [1.807, 2.05) is 6.92 Å². The molecule has 3 N–H and O–H groups in total. The van der Waals surface area contributed by atoms with Crippen molar-refractivity contribution < 1.29 is 8.42 Å². The van der Waals surface area contributed by atoms with Crippen molar-refractivity contribution in [1.29, 1.82) is 0 Å². The van der Waals surface area contributed by atoms with Crippen LogP contribution in [0.15, 0.2) is 47.9 Å². The summed E-state index contributed by atoms with van der Waals surface area (Å²) in [5.74, 6) is 0. The van der Waals surface area contributed by atoms with Gasteiger partial charge in [0.2, 0.25) is 0 Å². The lowest BCUT2D eigenvalue weighted by atomic mass is 10.2. The summed E-state index contributed by atoms with van der Waals surface area (Å²) in [5, 5.41) is 0. The van der Waals surface area contributed by atoms with E-state index in [9.17, 15) is 8.42 Å². The highest BCUT2D eigenvalue weighted by molar-refractivity contribution is 7.90. The molecule has 0 unspecified atom stereocenters. The molecule has 1 heterocycles. The molecule has 0 bridgehead atoms. The van der Waals surface area contributed by atoms with Gasteiger partial charge in [-0.25, -0.2) is 17.4 Å². The van der Waals surface area contributed by atoms with Crippen molar-refractivity contribution in [3.63, 3.8) is 0 Å². The van der Waals surface area contributed by atoms with Crippen LogP contribution in [0.4, 0.5) is 0 Å². The number of aryl methyl sites for hydroxylation is 1. The van der Waals surface area contributed by atoms with Gasteiger partial charge < -0.3 is 6.15 Å². The maximum atomic E-state index is 11.9. The molecular weight excluding hydrogens is 226 g/mol. The number of rotatable bonds is 2. The fraction of sp³-hybridized carbons (Fsp3) is 0.100. The van der Waals surface area contributed by atoms with Gasteiger partial charge in [0.05, 0.1) is 4.90 Å². The Morgan fingerprint density at radius 3 is 2.31 bits per heavy atom. The number of hydrogen-bond acceptors (Lipinski definition) is 4. The van der Waals surface area contributed by atoms with E-state index in [1.54, 1.807) is 24.3 Å². The third-order valence-electron chi connectivity index (χ3n) is 2.08. The van der Waals surface area contributed by atoms with Crippen LogP contribution in [-0.2, 0) is 10.0 Å². The zero-order valence-corrected chi connectivity index (χ0v) is 9.68. The first-order valence-electron chi connectivity index (χ1n) is 4.41. The maximum absolute atomic E-state index is 11.9. The first kappa shape index (κ1) is 12.4. The van der Waals surface area contributed by atoms with E-state index in [1.165, 1.54) is 18.7 Å². The molecule has 86 valence electrons. The molecule has 0 aliphatic rings. The van der Waals surface area contributed by atoms with Gasteiger partial charge >= 0.3 is 0 Å². The Morgan fingerprint density at radius 1 is 1.19 bits per heavy atom. The topological polar surface area (TPSA) is 87.0 Å². The van der Waals surface area contributed by atoms with Crippen LogP contribution in [0.5, 0.6) is 0 Å². The highest BCUT2D eigenvalue weighted by atomic mass is 32.2. The lowest BCUT2D eigenvalue weighted by Crippen LogP contribution is -2.10. The Bertz CT molecular complexity index is 544. The minimum atomic E-state index is -3.46. The fourth-order valence-corrected chi connectivity index (χ4v) is 2.34. The van der Waals surface area contributed by atoms with Crippen LogP contribution in [-0.4, -0.2) is 17.4 Å². The van der Waals surface area contributed by atoms with Crippen LogP contribution >= 0.6 is 0 Å². The van der Waals surface area contributed by atoms with Gasteiger partial charge in [-0.05, 0) is 19.1 Å². The van der Waals surface area contributed by atoms with Gasteiger partial charge in [-0.3, -0.25) is 0 Å². The molecule has 0 saturated heterocycles. The molecule has 0 radical (unpaired) electrons. The molecule has 0 amide bonds. The van der Waals surface area contributed by atoms with Gasteiger partial charge in [0, 0.05) is 12.4 Å². The van der Waals surface area contributed by atoms with Crippen molar-refractivity contribution in [1.82, 2.24) is 15.1 Å². The Morgan fingerprint density at radius 2 is 1.81 bits per heavy atom. The van der Waals surface area contributed by atoms with Crippen LogP contribution in [0.25, 0.3) is 0 Å². The zero-order valence-electron chi connectivity index (χ0n) is 8.87. The fourth-order valence-electron chi connectivity index (χ4n) is 1.22. The second-order valence-electron chi connectivity index (χ2n) is 3.21. The van der Waals surface area contributed by atoms with Crippen LogP contribution in [0.2, 0.25) is 0 Å². The van der Waals surface area contributed by atoms with E-state index in [0.717, 1.165) is 9.54 Å². The van der Waals surface area contributed by atoms with E-state index >= 15 is 0 Å². The third-order valence-corrected chi connectivity index (χ3v) is 3.72. The highest BCUT2D eigenvalue weighted by Gasteiger charge is 2.14. The minimum Gasteiger partial charge on any atom is -0.344 e. The number of benzene rings is 1. The standard InChI is InChI=1S/C10H10N2O2S.H3N/c1-9-2-4-10(5-3-9)15(13,14)12-7-6-11-8-12;/h2-8H,1H3;1H3. The molecule has 2 rings (SSSR count). The molecule has 0 fully saturated rings. The van der Waals surface area contributed by atoms with Gasteiger partial charge in [-0.15, -0.1) is 0 Å². The lowest BCUT2D eigenvalue weighted by Gasteiger charge is -2.04. The Hall–Kier alpha value is -1.66. The Kier molecular flexibility index (Phi) is 3.46. The quantitative estimate of drug-likeness (QED) is 0.862. The summed E-state index contributed by atoms with van der Waals surface area (Å²) in [5.41, 5.74) is 1.03. The van der Waals surface area contributed by atoms with Crippen molar-refractivity contribution in [2.45, 2.75) is 11.8 Å². The van der Waals surface area contributed by atoms with Gasteiger partial charge in [0.15, 0.2) is 0 Å². The van der Waals surface area contributed by atoms with Crippen LogP contribution < -0.4 is 6.15 Å². The van der Waals surface area contributed by atoms with E-state index in [0.29, 0.717) is 0 Å². The molecule has 0 spiro atoms. The Labute approximate surface area is 94.4 Å². The predicted molar refractivity (Wildman–Crippen MR) is 61.0 cm³/mol. The monoisotopic (exact) mass is 239 g/mol. The molecule has 16 heavy (non-hydrogen) atoms. The van der Waals surface area contributed by atoms with E-state index in [2.05, 4.69) is 4.98 Å². The number of nitrogens with zero attached hydrogens (tertiary/aromatic N) is 2. The second-order valence-corrected chi connectivity index (χ2v) is 5.05. The molecule has 0 aliphatic carbocycles. The average Bonchev–Trinajstić information content (AvgIpc) is 2.71. The first-order valence-corrected chi connectivity index (χ1v) is 5.85. The van der Waals surface area contributed by atoms with Crippen LogP contribution in [0, 0.1) is 6.92 Å². The van der Waals surface area contributed by atoms with Crippen molar-refractivity contribution in [2.24, 2.45) is 0 Å². The first-order chi connectivity index (χ1) is 7.10. The molecule has 1 aromatic carbocycles. The lowest BCUT2D eigenvalue weighted by molar-refractivity contribution is 0.587. The zero-order chi connectivity index (χ0) is 10.9. The highest BCUT2D eigenvalue weighted by Crippen LogP contribution is 2.13. The van der Waals surface area contributed by atoms with Gasteiger partial charge in [-0.2, -0.15) is 0 Å². The van der Waals surface area contributed by atoms with Crippen molar-refractivity contribution in [2.75, 3.05) is 0 Å². The normalized spacial score (nSPS) is 10.8. The Balaban J connectivity index is 0.00000128. The van der Waals surface area contributed by atoms with E-state index in [-0.39, 0.29) is 11.0 Å². The largest absolute Gasteiger partial charge is 0.344 e. The SMILES string of the molecule is Cc1ccc(S(=O)(=O)n2ccnc2)cc1.N. The van der Waals surface area contributed by atoms with Crippen molar-refractivity contribution in [3.8, 4) is 0 Å². The second kappa shape index (κ2) is 4.46. The number of aromatic nitrogens is 2. The summed E-state index contributed by atoms with van der Waals surface area (Å²) in [4.78, 5) is 3.98. The molecule has 1 aromatic heterocycles. The smallest absolute Gasteiger partial charge is 0.268 e. The van der Waals surface area contributed by atoms with Crippen molar-refractivity contribution >= 4 is 10.0 Å². The summed E-state index contributed by atoms with van der Waals surface area (Å²) < 4.78 is 25.0. The summed E-state index contributed by atoms with van der Waals surface area (Å²) in [6.45, 7) is 1.91. The summed E-state index contributed by atoms with van der Waals surface area (Å²) in [6.07, 6.45) is 4.12. The van der Waals surface area contributed by atoms with Gasteiger partial charge in [0.25, 0.3) is 10.0 Å². The molecule has 0 aliphatic heterocycles. The molecule has 6 heteroatoms. The van der Waals surface area contributed by atoms with Crippen LogP contribution in [0.3, 0.4) is 0 Å². The molecule has 0 atom stereocenters. The van der Waals surface area contributed by atoms with Gasteiger partial charge in [0.1, 0.15) is 6.33 Å². The van der Waals surface area contributed by atoms with Crippen LogP contribution in [0.1, 0.15) is 5.56 Å². The van der Waals surface area contributed by atoms with Crippen molar-refractivity contribution in [3.05, 3.63) is 48.5 Å². The summed E-state index contributed by atoms with van der Waals surface area (Å²) >= 11 is 0. The van der Waals surface area contributed by atoms with Gasteiger partial charge in [-0.1, -0.05) is 17.7 Å². The third kappa shape index (κ3) is 2.12. The molecule has 0 saturated carbocycles. The summed E-state index contributed by atoms with van der Waals surface area (Å²) in [6, 6.07) is 6.71. The molecule has 2 aromatic rings.